The summed E-state index contributed by atoms with van der Waals surface area (Å²) in [5.74, 6) is 0. The van der Waals surface area contributed by atoms with Crippen molar-refractivity contribution in [3.8, 4) is 0 Å². The Kier molecular flexibility index (Phi) is 6.76. The van der Waals surface area contributed by atoms with Gasteiger partial charge in [0.1, 0.15) is 5.60 Å². The van der Waals surface area contributed by atoms with Gasteiger partial charge in [0.25, 0.3) is 0 Å². The third-order valence-electron chi connectivity index (χ3n) is 3.12. The summed E-state index contributed by atoms with van der Waals surface area (Å²) in [5, 5.41) is 3.36. The normalized spacial score (nSPS) is 19.7. The first-order valence-electron chi connectivity index (χ1n) is 7.61. The highest BCUT2D eigenvalue weighted by atomic mass is 16.6. The molecule has 1 fully saturated rings. The van der Waals surface area contributed by atoms with Crippen LogP contribution in [0.1, 0.15) is 47.5 Å². The minimum Gasteiger partial charge on any atom is -0.444 e. The third-order valence-corrected chi connectivity index (χ3v) is 3.12. The Balaban J connectivity index is 2.28. The number of nitrogens with one attached hydrogen (secondary N) is 1. The number of hydrogen-bond acceptors (Lipinski definition) is 4. The lowest BCUT2D eigenvalue weighted by atomic mass is 10.2. The van der Waals surface area contributed by atoms with Crippen LogP contribution in [0.2, 0.25) is 0 Å². The molecule has 1 aliphatic heterocycles. The van der Waals surface area contributed by atoms with E-state index < -0.39 is 5.60 Å². The molecule has 0 radical (unpaired) electrons. The molecule has 118 valence electrons. The second-order valence-corrected chi connectivity index (χ2v) is 6.59. The predicted octanol–water partition coefficient (Wildman–Crippen LogP) is 2.40. The Bertz CT molecular complexity index is 300. The molecule has 0 spiro atoms. The van der Waals surface area contributed by atoms with E-state index in [0.29, 0.717) is 6.61 Å². The maximum atomic E-state index is 12.1. The van der Waals surface area contributed by atoms with Crippen LogP contribution in [0.3, 0.4) is 0 Å². The van der Waals surface area contributed by atoms with Crippen LogP contribution >= 0.6 is 0 Å². The Morgan fingerprint density at radius 2 is 2.10 bits per heavy atom. The average Bonchev–Trinajstić information content (AvgIpc) is 2.74. The number of amides is 1. The van der Waals surface area contributed by atoms with Gasteiger partial charge in [-0.25, -0.2) is 4.79 Å². The summed E-state index contributed by atoms with van der Waals surface area (Å²) < 4.78 is 10.9. The van der Waals surface area contributed by atoms with Crippen molar-refractivity contribution in [1.82, 2.24) is 10.2 Å². The molecule has 0 aromatic rings. The van der Waals surface area contributed by atoms with Gasteiger partial charge in [-0.3, -0.25) is 0 Å². The first-order chi connectivity index (χ1) is 9.29. The second-order valence-electron chi connectivity index (χ2n) is 6.59. The molecule has 0 saturated carbocycles. The maximum Gasteiger partial charge on any atom is 0.410 e. The first-order valence-corrected chi connectivity index (χ1v) is 7.61. The van der Waals surface area contributed by atoms with Gasteiger partial charge in [0.05, 0.1) is 12.7 Å². The molecular weight excluding hydrogens is 256 g/mol. The van der Waals surface area contributed by atoms with Crippen LogP contribution in [0.4, 0.5) is 4.79 Å². The van der Waals surface area contributed by atoms with Crippen molar-refractivity contribution in [3.63, 3.8) is 0 Å². The minimum absolute atomic E-state index is 0.194. The van der Waals surface area contributed by atoms with Gasteiger partial charge < -0.3 is 19.7 Å². The third kappa shape index (κ3) is 6.57. The maximum absolute atomic E-state index is 12.1. The van der Waals surface area contributed by atoms with Crippen molar-refractivity contribution in [2.24, 2.45) is 0 Å². The molecule has 1 unspecified atom stereocenters. The van der Waals surface area contributed by atoms with E-state index in [4.69, 9.17) is 9.47 Å². The lowest BCUT2D eigenvalue weighted by molar-refractivity contribution is 0.0224. The number of ether oxygens (including phenoxy) is 2. The van der Waals surface area contributed by atoms with Crippen molar-refractivity contribution >= 4 is 6.09 Å². The van der Waals surface area contributed by atoms with Crippen LogP contribution in [0.25, 0.3) is 0 Å². The molecule has 0 bridgehead atoms. The van der Waals surface area contributed by atoms with E-state index in [1.165, 1.54) is 0 Å². The highest BCUT2D eigenvalue weighted by Gasteiger charge is 2.31. The average molecular weight is 286 g/mol. The van der Waals surface area contributed by atoms with Crippen molar-refractivity contribution in [1.29, 1.82) is 0 Å². The van der Waals surface area contributed by atoms with Crippen molar-refractivity contribution in [2.45, 2.75) is 65.2 Å². The largest absolute Gasteiger partial charge is 0.444 e. The van der Waals surface area contributed by atoms with Gasteiger partial charge in [0.2, 0.25) is 0 Å². The van der Waals surface area contributed by atoms with Gasteiger partial charge in [-0.15, -0.1) is 0 Å². The quantitative estimate of drug-likeness (QED) is 0.762. The highest BCUT2D eigenvalue weighted by Crippen LogP contribution is 2.20. The van der Waals surface area contributed by atoms with E-state index in [1.54, 1.807) is 0 Å². The standard InChI is InChI=1S/C15H30N2O3/c1-12(2)19-10-8-16-11-13-7-6-9-17(13)14(18)20-15(3,4)5/h12-13,16H,6-11H2,1-5H3. The Labute approximate surface area is 123 Å². The second kappa shape index (κ2) is 7.84. The van der Waals surface area contributed by atoms with E-state index in [0.717, 1.165) is 32.5 Å². The summed E-state index contributed by atoms with van der Waals surface area (Å²) in [4.78, 5) is 13.9. The van der Waals surface area contributed by atoms with E-state index in [-0.39, 0.29) is 18.2 Å². The monoisotopic (exact) mass is 286 g/mol. The summed E-state index contributed by atoms with van der Waals surface area (Å²) in [5.41, 5.74) is -0.428. The molecule has 1 N–H and O–H groups in total. The number of hydrogen-bond donors (Lipinski definition) is 1. The molecule has 1 rings (SSSR count). The van der Waals surface area contributed by atoms with Crippen LogP contribution < -0.4 is 5.32 Å². The molecule has 0 aliphatic carbocycles. The van der Waals surface area contributed by atoms with Crippen LogP contribution in [0.5, 0.6) is 0 Å². The fourth-order valence-corrected chi connectivity index (χ4v) is 2.24. The number of carbonyl (C=O) groups is 1. The summed E-state index contributed by atoms with van der Waals surface area (Å²) in [6.07, 6.45) is 2.16. The van der Waals surface area contributed by atoms with Crippen LogP contribution in [-0.2, 0) is 9.47 Å². The highest BCUT2D eigenvalue weighted by molar-refractivity contribution is 5.69. The van der Waals surface area contributed by atoms with E-state index in [1.807, 2.05) is 39.5 Å². The minimum atomic E-state index is -0.428. The molecule has 1 aliphatic rings. The smallest absolute Gasteiger partial charge is 0.410 e. The summed E-state index contributed by atoms with van der Waals surface area (Å²) in [6.45, 7) is 12.9. The summed E-state index contributed by atoms with van der Waals surface area (Å²) in [6, 6.07) is 0.240. The van der Waals surface area contributed by atoms with Crippen LogP contribution in [-0.4, -0.2) is 55.0 Å². The van der Waals surface area contributed by atoms with Crippen molar-refractivity contribution < 1.29 is 14.3 Å². The zero-order chi connectivity index (χ0) is 15.2. The molecule has 5 heteroatoms. The van der Waals surface area contributed by atoms with Crippen molar-refractivity contribution in [2.75, 3.05) is 26.2 Å². The SMILES string of the molecule is CC(C)OCCNCC1CCCN1C(=O)OC(C)(C)C. The van der Waals surface area contributed by atoms with Gasteiger partial charge in [-0.05, 0) is 47.5 Å². The molecular formula is C15H30N2O3. The van der Waals surface area contributed by atoms with Gasteiger partial charge in [-0.1, -0.05) is 0 Å². The van der Waals surface area contributed by atoms with Gasteiger partial charge in [0, 0.05) is 25.7 Å². The van der Waals surface area contributed by atoms with Gasteiger partial charge in [0.15, 0.2) is 0 Å². The molecule has 1 saturated heterocycles. The molecule has 5 nitrogen and oxygen atoms in total. The van der Waals surface area contributed by atoms with Crippen LogP contribution in [0.15, 0.2) is 0 Å². The number of likely N-dealkylation sites (tertiary alicyclic amines) is 1. The Hall–Kier alpha value is -0.810. The molecule has 0 aromatic heterocycles. The van der Waals surface area contributed by atoms with Gasteiger partial charge in [-0.2, -0.15) is 0 Å². The van der Waals surface area contributed by atoms with Crippen molar-refractivity contribution in [3.05, 3.63) is 0 Å². The Morgan fingerprint density at radius 3 is 2.70 bits per heavy atom. The zero-order valence-corrected chi connectivity index (χ0v) is 13.6. The Morgan fingerprint density at radius 1 is 1.40 bits per heavy atom. The molecule has 20 heavy (non-hydrogen) atoms. The fraction of sp³-hybridized carbons (Fsp3) is 0.933. The van der Waals surface area contributed by atoms with Gasteiger partial charge >= 0.3 is 6.09 Å². The number of nitrogens with zero attached hydrogens (tertiary/aromatic N) is 1. The number of carbonyl (C=O) groups excluding carboxylic acids is 1. The predicted molar refractivity (Wildman–Crippen MR) is 79.9 cm³/mol. The number of rotatable bonds is 6. The summed E-state index contributed by atoms with van der Waals surface area (Å²) >= 11 is 0. The van der Waals surface area contributed by atoms with Crippen LogP contribution in [0, 0.1) is 0 Å². The van der Waals surface area contributed by atoms with E-state index in [2.05, 4.69) is 5.32 Å². The van der Waals surface area contributed by atoms with E-state index in [9.17, 15) is 4.79 Å². The topological polar surface area (TPSA) is 50.8 Å². The fourth-order valence-electron chi connectivity index (χ4n) is 2.24. The molecule has 1 amide bonds. The lowest BCUT2D eigenvalue weighted by Gasteiger charge is -2.28. The molecule has 1 heterocycles. The molecule has 1 atom stereocenters. The lowest BCUT2D eigenvalue weighted by Crippen LogP contribution is -2.44. The molecule has 0 aromatic carbocycles. The summed E-state index contributed by atoms with van der Waals surface area (Å²) in [7, 11) is 0. The first kappa shape index (κ1) is 17.2. The van der Waals surface area contributed by atoms with E-state index >= 15 is 0 Å². The zero-order valence-electron chi connectivity index (χ0n) is 13.6.